The lowest BCUT2D eigenvalue weighted by molar-refractivity contribution is 0.806. The van der Waals surface area contributed by atoms with Crippen molar-refractivity contribution in [3.8, 4) is 5.69 Å². The highest BCUT2D eigenvalue weighted by Gasteiger charge is 2.06. The average Bonchev–Trinajstić information content (AvgIpc) is 2.58. The van der Waals surface area contributed by atoms with Gasteiger partial charge in [-0.3, -0.25) is 0 Å². The van der Waals surface area contributed by atoms with E-state index >= 15 is 0 Å². The van der Waals surface area contributed by atoms with Crippen molar-refractivity contribution in [1.29, 1.82) is 0 Å². The summed E-state index contributed by atoms with van der Waals surface area (Å²) < 4.78 is 2.01. The molecule has 1 N–H and O–H groups in total. The van der Waals surface area contributed by atoms with Gasteiger partial charge in [-0.2, -0.15) is 5.10 Å². The van der Waals surface area contributed by atoms with Crippen LogP contribution in [0.3, 0.4) is 0 Å². The van der Waals surface area contributed by atoms with Crippen LogP contribution in [-0.2, 0) is 6.54 Å². The number of rotatable bonds is 3. The van der Waals surface area contributed by atoms with Crippen LogP contribution in [0.25, 0.3) is 5.69 Å². The van der Waals surface area contributed by atoms with Crippen molar-refractivity contribution in [2.24, 2.45) is 0 Å². The van der Waals surface area contributed by atoms with Gasteiger partial charge in [0.25, 0.3) is 0 Å². The molecule has 1 aromatic heterocycles. The van der Waals surface area contributed by atoms with Gasteiger partial charge in [-0.15, -0.1) is 0 Å². The fraction of sp³-hybridized carbons (Fsp3) is 0.357. The van der Waals surface area contributed by atoms with Crippen molar-refractivity contribution in [2.75, 3.05) is 7.05 Å². The molecule has 0 bridgehead atoms. The molecule has 1 heterocycles. The van der Waals surface area contributed by atoms with Crippen molar-refractivity contribution < 1.29 is 0 Å². The fourth-order valence-corrected chi connectivity index (χ4v) is 2.14. The van der Waals surface area contributed by atoms with Crippen molar-refractivity contribution in [3.63, 3.8) is 0 Å². The molecule has 0 fully saturated rings. The molecule has 0 amide bonds. The van der Waals surface area contributed by atoms with E-state index in [0.29, 0.717) is 0 Å². The Morgan fingerprint density at radius 2 is 1.94 bits per heavy atom. The second-order valence-corrected chi connectivity index (χ2v) is 4.49. The van der Waals surface area contributed by atoms with Crippen LogP contribution in [-0.4, -0.2) is 16.8 Å². The molecule has 1 aromatic carbocycles. The molecule has 90 valence electrons. The Morgan fingerprint density at radius 3 is 2.47 bits per heavy atom. The minimum absolute atomic E-state index is 0.901. The third kappa shape index (κ3) is 2.39. The predicted octanol–water partition coefficient (Wildman–Crippen LogP) is 2.52. The van der Waals surface area contributed by atoms with E-state index in [1.165, 1.54) is 16.8 Å². The topological polar surface area (TPSA) is 29.9 Å². The van der Waals surface area contributed by atoms with Gasteiger partial charge in [-0.05, 0) is 51.1 Å². The van der Waals surface area contributed by atoms with Crippen LogP contribution < -0.4 is 5.32 Å². The van der Waals surface area contributed by atoms with Gasteiger partial charge in [0, 0.05) is 12.2 Å². The third-order valence-electron chi connectivity index (χ3n) is 2.88. The zero-order valence-corrected chi connectivity index (χ0v) is 10.9. The lowest BCUT2D eigenvalue weighted by Crippen LogP contribution is -2.07. The van der Waals surface area contributed by atoms with Crippen LogP contribution in [0.2, 0.25) is 0 Å². The highest BCUT2D eigenvalue weighted by molar-refractivity contribution is 5.43. The van der Waals surface area contributed by atoms with E-state index in [2.05, 4.69) is 48.5 Å². The fourth-order valence-electron chi connectivity index (χ4n) is 2.14. The first-order valence-electron chi connectivity index (χ1n) is 5.89. The van der Waals surface area contributed by atoms with Crippen molar-refractivity contribution in [1.82, 2.24) is 15.1 Å². The number of hydrogen-bond donors (Lipinski definition) is 1. The number of hydrogen-bond acceptors (Lipinski definition) is 2. The Morgan fingerprint density at radius 1 is 1.18 bits per heavy atom. The van der Waals surface area contributed by atoms with E-state index in [-0.39, 0.29) is 0 Å². The first kappa shape index (κ1) is 11.9. The van der Waals surface area contributed by atoms with Crippen molar-refractivity contribution >= 4 is 0 Å². The second-order valence-electron chi connectivity index (χ2n) is 4.49. The first-order chi connectivity index (χ1) is 8.11. The molecule has 0 spiro atoms. The van der Waals surface area contributed by atoms with Crippen LogP contribution in [0.5, 0.6) is 0 Å². The molecule has 3 nitrogen and oxygen atoms in total. The Labute approximate surface area is 102 Å². The Balaban J connectivity index is 2.43. The minimum atomic E-state index is 0.901. The lowest BCUT2D eigenvalue weighted by atomic mass is 10.1. The predicted molar refractivity (Wildman–Crippen MR) is 70.5 cm³/mol. The Kier molecular flexibility index (Phi) is 3.29. The van der Waals surface area contributed by atoms with Crippen LogP contribution in [0.15, 0.2) is 24.3 Å². The minimum Gasteiger partial charge on any atom is -0.316 e. The highest BCUT2D eigenvalue weighted by Crippen LogP contribution is 2.17. The van der Waals surface area contributed by atoms with Gasteiger partial charge in [0.05, 0.1) is 11.4 Å². The standard InChI is InChI=1S/C14H19N3/c1-10-7-13(9-15-4)5-6-14(10)17-12(3)8-11(2)16-17/h5-8,15H,9H2,1-4H3. The highest BCUT2D eigenvalue weighted by atomic mass is 15.3. The summed E-state index contributed by atoms with van der Waals surface area (Å²) in [5.41, 5.74) is 5.95. The summed E-state index contributed by atoms with van der Waals surface area (Å²) >= 11 is 0. The molecule has 0 radical (unpaired) electrons. The summed E-state index contributed by atoms with van der Waals surface area (Å²) in [7, 11) is 1.96. The van der Waals surface area contributed by atoms with Gasteiger partial charge in [-0.1, -0.05) is 12.1 Å². The van der Waals surface area contributed by atoms with Gasteiger partial charge in [-0.25, -0.2) is 4.68 Å². The maximum atomic E-state index is 4.52. The summed E-state index contributed by atoms with van der Waals surface area (Å²) in [4.78, 5) is 0. The Bertz CT molecular complexity index is 526. The summed E-state index contributed by atoms with van der Waals surface area (Å²) in [6, 6.07) is 8.60. The summed E-state index contributed by atoms with van der Waals surface area (Å²) in [5, 5.41) is 7.68. The summed E-state index contributed by atoms with van der Waals surface area (Å²) in [5.74, 6) is 0. The monoisotopic (exact) mass is 229 g/mol. The summed E-state index contributed by atoms with van der Waals surface area (Å²) in [6.07, 6.45) is 0. The molecule has 0 saturated heterocycles. The second kappa shape index (κ2) is 4.72. The molecule has 0 aliphatic rings. The van der Waals surface area contributed by atoms with E-state index in [0.717, 1.165) is 17.9 Å². The van der Waals surface area contributed by atoms with Crippen LogP contribution in [0, 0.1) is 20.8 Å². The maximum Gasteiger partial charge on any atom is 0.0678 e. The maximum absolute atomic E-state index is 4.52. The van der Waals surface area contributed by atoms with Crippen LogP contribution in [0.4, 0.5) is 0 Å². The molecule has 0 unspecified atom stereocenters. The van der Waals surface area contributed by atoms with E-state index in [4.69, 9.17) is 0 Å². The van der Waals surface area contributed by atoms with Gasteiger partial charge in [0.2, 0.25) is 0 Å². The SMILES string of the molecule is CNCc1ccc(-n2nc(C)cc2C)c(C)c1. The number of nitrogens with zero attached hydrogens (tertiary/aromatic N) is 2. The number of aryl methyl sites for hydroxylation is 3. The number of nitrogens with one attached hydrogen (secondary N) is 1. The van der Waals surface area contributed by atoms with Crippen molar-refractivity contribution in [2.45, 2.75) is 27.3 Å². The van der Waals surface area contributed by atoms with Gasteiger partial charge in [0.15, 0.2) is 0 Å². The smallest absolute Gasteiger partial charge is 0.0678 e. The van der Waals surface area contributed by atoms with Crippen LogP contribution in [0.1, 0.15) is 22.5 Å². The quantitative estimate of drug-likeness (QED) is 0.876. The molecule has 0 aliphatic carbocycles. The zero-order valence-electron chi connectivity index (χ0n) is 10.9. The average molecular weight is 229 g/mol. The molecular formula is C14H19N3. The molecular weight excluding hydrogens is 210 g/mol. The number of benzene rings is 1. The van der Waals surface area contributed by atoms with Gasteiger partial charge >= 0.3 is 0 Å². The van der Waals surface area contributed by atoms with Crippen LogP contribution >= 0.6 is 0 Å². The third-order valence-corrected chi connectivity index (χ3v) is 2.88. The van der Waals surface area contributed by atoms with E-state index in [9.17, 15) is 0 Å². The Hall–Kier alpha value is -1.61. The largest absolute Gasteiger partial charge is 0.316 e. The molecule has 0 atom stereocenters. The van der Waals surface area contributed by atoms with E-state index < -0.39 is 0 Å². The van der Waals surface area contributed by atoms with Crippen molar-refractivity contribution in [3.05, 3.63) is 46.8 Å². The molecule has 0 saturated carbocycles. The lowest BCUT2D eigenvalue weighted by Gasteiger charge is -2.10. The summed E-state index contributed by atoms with van der Waals surface area (Å²) in [6.45, 7) is 7.14. The molecule has 2 aromatic rings. The van der Waals surface area contributed by atoms with E-state index in [1.54, 1.807) is 0 Å². The zero-order chi connectivity index (χ0) is 12.4. The van der Waals surface area contributed by atoms with Gasteiger partial charge < -0.3 is 5.32 Å². The molecule has 3 heteroatoms. The van der Waals surface area contributed by atoms with Gasteiger partial charge in [0.1, 0.15) is 0 Å². The van der Waals surface area contributed by atoms with E-state index in [1.807, 2.05) is 18.7 Å². The molecule has 0 aliphatic heterocycles. The molecule has 17 heavy (non-hydrogen) atoms. The number of aromatic nitrogens is 2. The normalized spacial score (nSPS) is 10.8. The molecule has 2 rings (SSSR count). The first-order valence-corrected chi connectivity index (χ1v) is 5.89.